The minimum absolute atomic E-state index is 0.187. The van der Waals surface area contributed by atoms with E-state index < -0.39 is 11.7 Å². The minimum atomic E-state index is -0.558. The molecule has 0 unspecified atom stereocenters. The van der Waals surface area contributed by atoms with Gasteiger partial charge in [-0.1, -0.05) is 18.2 Å². The number of nitrogens with one attached hydrogen (secondary N) is 1. The predicted molar refractivity (Wildman–Crippen MR) is 135 cm³/mol. The van der Waals surface area contributed by atoms with Crippen LogP contribution in [0.1, 0.15) is 44.6 Å². The molecule has 0 bridgehead atoms. The van der Waals surface area contributed by atoms with E-state index in [2.05, 4.69) is 5.32 Å². The second kappa shape index (κ2) is 11.6. The molecule has 0 atom stereocenters. The van der Waals surface area contributed by atoms with Crippen molar-refractivity contribution in [3.05, 3.63) is 83.5 Å². The molecule has 0 aliphatic heterocycles. The van der Waals surface area contributed by atoms with Gasteiger partial charge < -0.3 is 29.1 Å². The van der Waals surface area contributed by atoms with Crippen LogP contribution in [0.2, 0.25) is 0 Å². The monoisotopic (exact) mass is 479 g/mol. The van der Waals surface area contributed by atoms with Gasteiger partial charge in [0.05, 0.1) is 19.1 Å². The van der Waals surface area contributed by atoms with Crippen molar-refractivity contribution in [2.75, 3.05) is 7.11 Å². The fourth-order valence-electron chi connectivity index (χ4n) is 3.48. The van der Waals surface area contributed by atoms with Crippen molar-refractivity contribution < 1.29 is 28.5 Å². The Hall–Kier alpha value is -3.71. The number of hydrogen-bond donors (Lipinski definition) is 2. The highest BCUT2D eigenvalue weighted by molar-refractivity contribution is 5.93. The Kier molecular flexibility index (Phi) is 8.60. The highest BCUT2D eigenvalue weighted by Gasteiger charge is 2.16. The van der Waals surface area contributed by atoms with Crippen LogP contribution in [0.4, 0.5) is 4.79 Å². The average molecular weight is 480 g/mol. The van der Waals surface area contributed by atoms with Gasteiger partial charge in [0, 0.05) is 17.5 Å². The lowest BCUT2D eigenvalue weighted by atomic mass is 9.99. The van der Waals surface area contributed by atoms with Crippen LogP contribution in [0.25, 0.3) is 22.1 Å². The van der Waals surface area contributed by atoms with Gasteiger partial charge in [0.2, 0.25) is 0 Å². The van der Waals surface area contributed by atoms with Crippen LogP contribution >= 0.6 is 0 Å². The molecule has 0 saturated carbocycles. The van der Waals surface area contributed by atoms with Crippen LogP contribution in [0.3, 0.4) is 0 Å². The van der Waals surface area contributed by atoms with Crippen molar-refractivity contribution in [2.45, 2.75) is 53.1 Å². The molecule has 2 aromatic carbocycles. The summed E-state index contributed by atoms with van der Waals surface area (Å²) in [5.74, 6) is 1.24. The molecule has 0 aliphatic rings. The Morgan fingerprint density at radius 2 is 1.94 bits per heavy atom. The second-order valence-corrected chi connectivity index (χ2v) is 9.12. The van der Waals surface area contributed by atoms with Crippen LogP contribution in [-0.2, 0) is 34.0 Å². The van der Waals surface area contributed by atoms with E-state index in [-0.39, 0.29) is 6.61 Å². The van der Waals surface area contributed by atoms with Crippen molar-refractivity contribution in [2.24, 2.45) is 0 Å². The number of furan rings is 1. The topological polar surface area (TPSA) is 90.2 Å². The summed E-state index contributed by atoms with van der Waals surface area (Å²) in [6, 6.07) is 13.7. The van der Waals surface area contributed by atoms with Crippen molar-refractivity contribution in [3.8, 4) is 11.1 Å². The van der Waals surface area contributed by atoms with Gasteiger partial charge in [-0.25, -0.2) is 4.79 Å². The Morgan fingerprint density at radius 1 is 1.14 bits per heavy atom. The third-order valence-corrected chi connectivity index (χ3v) is 4.97. The van der Waals surface area contributed by atoms with Crippen molar-refractivity contribution in [3.63, 3.8) is 0 Å². The van der Waals surface area contributed by atoms with Crippen molar-refractivity contribution >= 4 is 17.1 Å². The van der Waals surface area contributed by atoms with E-state index in [1.165, 1.54) is 0 Å². The number of carbonyl (C=O) groups excluding carboxylic acids is 1. The van der Waals surface area contributed by atoms with E-state index in [1.807, 2.05) is 76.2 Å². The summed E-state index contributed by atoms with van der Waals surface area (Å²) in [6.07, 6.45) is 4.70. The number of ether oxygens (including phenoxy) is 3. The molecule has 7 heteroatoms. The molecule has 35 heavy (non-hydrogen) atoms. The number of allylic oxidation sites excluding steroid dienone is 3. The normalized spacial score (nSPS) is 12.2. The van der Waals surface area contributed by atoms with Crippen LogP contribution in [0, 0.1) is 0 Å². The molecule has 0 radical (unpaired) electrons. The van der Waals surface area contributed by atoms with Gasteiger partial charge in [-0.05, 0) is 80.8 Å². The third kappa shape index (κ3) is 7.65. The number of fused-ring (bicyclic) bond motifs is 1. The van der Waals surface area contributed by atoms with Gasteiger partial charge in [-0.3, -0.25) is 0 Å². The highest BCUT2D eigenvalue weighted by atomic mass is 16.6. The summed E-state index contributed by atoms with van der Waals surface area (Å²) in [5, 5.41) is 13.3. The van der Waals surface area contributed by atoms with Gasteiger partial charge in [-0.2, -0.15) is 0 Å². The molecule has 0 fully saturated rings. The number of amides is 1. The molecule has 0 saturated heterocycles. The van der Waals surface area contributed by atoms with Crippen LogP contribution < -0.4 is 5.32 Å². The minimum Gasteiger partial charge on any atom is -0.504 e. The number of carbonyl (C=O) groups is 1. The lowest BCUT2D eigenvalue weighted by molar-refractivity contribution is 0.0523. The number of rotatable bonds is 9. The molecule has 0 aliphatic carbocycles. The number of benzene rings is 2. The summed E-state index contributed by atoms with van der Waals surface area (Å²) in [5.41, 5.74) is 3.80. The number of hydrogen-bond acceptors (Lipinski definition) is 6. The molecule has 0 spiro atoms. The van der Waals surface area contributed by atoms with E-state index in [0.29, 0.717) is 24.5 Å². The molecule has 2 N–H and O–H groups in total. The quantitative estimate of drug-likeness (QED) is 0.281. The zero-order valence-corrected chi connectivity index (χ0v) is 20.9. The number of aliphatic hydroxyl groups is 1. The van der Waals surface area contributed by atoms with E-state index >= 15 is 0 Å². The van der Waals surface area contributed by atoms with Crippen LogP contribution in [0.15, 0.2) is 71.1 Å². The Balaban J connectivity index is 1.87. The standard InChI is InChI=1S/C28H33NO6/c1-19(8-7-11-32-5)33-18-21-13-23-15-24(17-30)34-26(23)25(14-21)22-10-6-9-20(12-22)16-29-27(31)35-28(2,3)4/h6-15,30H,16-18H2,1-5H3,(H,29,31)/b11-7-,19-8+. The maximum Gasteiger partial charge on any atom is 0.407 e. The van der Waals surface area contributed by atoms with E-state index in [4.69, 9.17) is 18.6 Å². The van der Waals surface area contributed by atoms with Gasteiger partial charge in [0.1, 0.15) is 30.2 Å². The summed E-state index contributed by atoms with van der Waals surface area (Å²) < 4.78 is 22.0. The zero-order chi connectivity index (χ0) is 25.4. The number of aliphatic hydroxyl groups excluding tert-OH is 1. The first-order valence-corrected chi connectivity index (χ1v) is 11.4. The smallest absolute Gasteiger partial charge is 0.407 e. The van der Waals surface area contributed by atoms with Gasteiger partial charge in [-0.15, -0.1) is 0 Å². The molecule has 3 rings (SSSR count). The predicted octanol–water partition coefficient (Wildman–Crippen LogP) is 6.20. The Labute approximate surface area is 206 Å². The molecule has 1 heterocycles. The fourth-order valence-corrected chi connectivity index (χ4v) is 3.48. The molecule has 1 aromatic heterocycles. The number of alkyl carbamates (subject to hydrolysis) is 1. The van der Waals surface area contributed by atoms with Crippen molar-refractivity contribution in [1.29, 1.82) is 0 Å². The van der Waals surface area contributed by atoms with E-state index in [1.54, 1.807) is 19.4 Å². The lowest BCUT2D eigenvalue weighted by Crippen LogP contribution is -2.32. The second-order valence-electron chi connectivity index (χ2n) is 9.12. The molecular weight excluding hydrogens is 446 g/mol. The average Bonchev–Trinajstić information content (AvgIpc) is 3.23. The first kappa shape index (κ1) is 25.9. The third-order valence-electron chi connectivity index (χ3n) is 4.97. The van der Waals surface area contributed by atoms with E-state index in [0.717, 1.165) is 33.4 Å². The Bertz CT molecular complexity index is 1220. The highest BCUT2D eigenvalue weighted by Crippen LogP contribution is 2.33. The maximum absolute atomic E-state index is 12.1. The van der Waals surface area contributed by atoms with E-state index in [9.17, 15) is 9.90 Å². The summed E-state index contributed by atoms with van der Waals surface area (Å²) in [4.78, 5) is 12.1. The summed E-state index contributed by atoms with van der Waals surface area (Å²) >= 11 is 0. The number of methoxy groups -OCH3 is 1. The van der Waals surface area contributed by atoms with Crippen LogP contribution in [0.5, 0.6) is 0 Å². The summed E-state index contributed by atoms with van der Waals surface area (Å²) in [6.45, 7) is 7.86. The maximum atomic E-state index is 12.1. The largest absolute Gasteiger partial charge is 0.504 e. The van der Waals surface area contributed by atoms with Crippen LogP contribution in [-0.4, -0.2) is 23.9 Å². The SMILES string of the molecule is CO/C=C\C=C(/C)OCc1cc(-c2cccc(CNC(=O)OC(C)(C)C)c2)c2oc(CO)cc2c1. The first-order valence-electron chi connectivity index (χ1n) is 11.4. The summed E-state index contributed by atoms with van der Waals surface area (Å²) in [7, 11) is 1.59. The molecule has 1 amide bonds. The Morgan fingerprint density at radius 3 is 2.66 bits per heavy atom. The molecular formula is C28H33NO6. The van der Waals surface area contributed by atoms with Gasteiger partial charge >= 0.3 is 6.09 Å². The lowest BCUT2D eigenvalue weighted by Gasteiger charge is -2.19. The molecule has 3 aromatic rings. The fraction of sp³-hybridized carbons (Fsp3) is 0.321. The van der Waals surface area contributed by atoms with Gasteiger partial charge in [0.15, 0.2) is 0 Å². The van der Waals surface area contributed by atoms with Gasteiger partial charge in [0.25, 0.3) is 0 Å². The molecule has 7 nitrogen and oxygen atoms in total. The van der Waals surface area contributed by atoms with Crippen molar-refractivity contribution in [1.82, 2.24) is 5.32 Å². The molecule has 186 valence electrons. The first-order chi connectivity index (χ1) is 16.7. The zero-order valence-electron chi connectivity index (χ0n) is 20.9.